The number of ether oxygens (including phenoxy) is 1. The summed E-state index contributed by atoms with van der Waals surface area (Å²) in [6.07, 6.45) is 0. The van der Waals surface area contributed by atoms with E-state index in [9.17, 15) is 9.59 Å². The Kier molecular flexibility index (Phi) is 5.15. The minimum Gasteiger partial charge on any atom is -0.496 e. The Balaban J connectivity index is 2.83. The highest BCUT2D eigenvalue weighted by molar-refractivity contribution is 7.12. The molecule has 0 aliphatic heterocycles. The lowest BCUT2D eigenvalue weighted by molar-refractivity contribution is -0.137. The number of hydrogen-bond donors (Lipinski definition) is 1. The molecule has 1 aromatic rings. The summed E-state index contributed by atoms with van der Waals surface area (Å²) in [5.74, 6) is -0.440. The van der Waals surface area contributed by atoms with Crippen molar-refractivity contribution in [1.82, 2.24) is 4.90 Å². The van der Waals surface area contributed by atoms with Crippen molar-refractivity contribution >= 4 is 23.2 Å². The Morgan fingerprint density at radius 1 is 1.50 bits per heavy atom. The summed E-state index contributed by atoms with van der Waals surface area (Å²) in [6.45, 7) is 4.02. The van der Waals surface area contributed by atoms with E-state index in [1.54, 1.807) is 11.4 Å². The van der Waals surface area contributed by atoms with Gasteiger partial charge in [0.1, 0.15) is 12.3 Å². The Labute approximate surface area is 110 Å². The maximum Gasteiger partial charge on any atom is 0.323 e. The second-order valence-electron chi connectivity index (χ2n) is 4.32. The van der Waals surface area contributed by atoms with E-state index in [-0.39, 0.29) is 18.4 Å². The zero-order chi connectivity index (χ0) is 13.7. The van der Waals surface area contributed by atoms with Gasteiger partial charge >= 0.3 is 5.97 Å². The van der Waals surface area contributed by atoms with Gasteiger partial charge in [-0.25, -0.2) is 0 Å². The number of thiophene rings is 1. The summed E-state index contributed by atoms with van der Waals surface area (Å²) in [5.41, 5.74) is 0. The molecule has 0 aliphatic rings. The standard InChI is InChI=1S/C12H17NO4S/c1-8(2)5-13(6-11(14)15)12(16)10-4-9(17-3)7-18-10/h4,7-8H,5-6H2,1-3H3,(H,14,15). The monoisotopic (exact) mass is 271 g/mol. The number of methoxy groups -OCH3 is 1. The van der Waals surface area contributed by atoms with Crippen LogP contribution >= 0.6 is 11.3 Å². The Morgan fingerprint density at radius 2 is 2.17 bits per heavy atom. The van der Waals surface area contributed by atoms with Crippen molar-refractivity contribution in [3.63, 3.8) is 0 Å². The van der Waals surface area contributed by atoms with E-state index in [1.807, 2.05) is 13.8 Å². The summed E-state index contributed by atoms with van der Waals surface area (Å²) >= 11 is 1.26. The number of carbonyl (C=O) groups is 2. The van der Waals surface area contributed by atoms with Crippen LogP contribution in [0.15, 0.2) is 11.4 Å². The van der Waals surface area contributed by atoms with Crippen LogP contribution < -0.4 is 4.74 Å². The molecule has 18 heavy (non-hydrogen) atoms. The number of nitrogens with zero attached hydrogens (tertiary/aromatic N) is 1. The molecule has 1 aromatic heterocycles. The van der Waals surface area contributed by atoms with Gasteiger partial charge in [0.2, 0.25) is 0 Å². The zero-order valence-electron chi connectivity index (χ0n) is 10.7. The van der Waals surface area contributed by atoms with Crippen molar-refractivity contribution < 1.29 is 19.4 Å². The second-order valence-corrected chi connectivity index (χ2v) is 5.24. The van der Waals surface area contributed by atoms with Crippen molar-refractivity contribution in [3.8, 4) is 5.75 Å². The fourth-order valence-electron chi connectivity index (χ4n) is 1.52. The topological polar surface area (TPSA) is 66.8 Å². The van der Waals surface area contributed by atoms with Crippen LogP contribution in [0.2, 0.25) is 0 Å². The Bertz CT molecular complexity index is 427. The van der Waals surface area contributed by atoms with Gasteiger partial charge in [0.25, 0.3) is 5.91 Å². The molecular formula is C12H17NO4S. The molecule has 0 radical (unpaired) electrons. The molecule has 0 saturated carbocycles. The number of rotatable bonds is 6. The smallest absolute Gasteiger partial charge is 0.323 e. The van der Waals surface area contributed by atoms with E-state index in [0.717, 1.165) is 0 Å². The van der Waals surface area contributed by atoms with Crippen LogP contribution in [0.25, 0.3) is 0 Å². The average Bonchev–Trinajstić information content (AvgIpc) is 2.74. The lowest BCUT2D eigenvalue weighted by Gasteiger charge is -2.21. The highest BCUT2D eigenvalue weighted by atomic mass is 32.1. The minimum atomic E-state index is -1.01. The molecule has 0 atom stereocenters. The van der Waals surface area contributed by atoms with E-state index in [4.69, 9.17) is 9.84 Å². The first kappa shape index (κ1) is 14.5. The summed E-state index contributed by atoms with van der Waals surface area (Å²) in [5, 5.41) is 10.6. The van der Waals surface area contributed by atoms with E-state index < -0.39 is 5.97 Å². The van der Waals surface area contributed by atoms with Crippen LogP contribution in [0.3, 0.4) is 0 Å². The van der Waals surface area contributed by atoms with Gasteiger partial charge < -0.3 is 14.7 Å². The van der Waals surface area contributed by atoms with E-state index in [0.29, 0.717) is 17.2 Å². The normalized spacial score (nSPS) is 10.4. The van der Waals surface area contributed by atoms with Gasteiger partial charge in [0.15, 0.2) is 0 Å². The molecule has 0 saturated heterocycles. The summed E-state index contributed by atoms with van der Waals surface area (Å²) in [7, 11) is 1.53. The fraction of sp³-hybridized carbons (Fsp3) is 0.500. The second kappa shape index (κ2) is 6.39. The predicted molar refractivity (Wildman–Crippen MR) is 69.2 cm³/mol. The van der Waals surface area contributed by atoms with Gasteiger partial charge in [-0.15, -0.1) is 11.3 Å². The van der Waals surface area contributed by atoms with Crippen molar-refractivity contribution in [2.75, 3.05) is 20.2 Å². The first-order valence-corrected chi connectivity index (χ1v) is 6.45. The van der Waals surface area contributed by atoms with Crippen molar-refractivity contribution in [3.05, 3.63) is 16.3 Å². The van der Waals surface area contributed by atoms with Crippen LogP contribution in [0, 0.1) is 5.92 Å². The van der Waals surface area contributed by atoms with E-state index >= 15 is 0 Å². The minimum absolute atomic E-state index is 0.218. The molecule has 0 aromatic carbocycles. The molecule has 0 unspecified atom stereocenters. The number of aliphatic carboxylic acids is 1. The molecular weight excluding hydrogens is 254 g/mol. The maximum absolute atomic E-state index is 12.2. The summed E-state index contributed by atoms with van der Waals surface area (Å²) in [4.78, 5) is 24.8. The number of carbonyl (C=O) groups excluding carboxylic acids is 1. The van der Waals surface area contributed by atoms with Crippen molar-refractivity contribution in [2.45, 2.75) is 13.8 Å². The lowest BCUT2D eigenvalue weighted by atomic mass is 10.2. The molecule has 1 heterocycles. The lowest BCUT2D eigenvalue weighted by Crippen LogP contribution is -2.37. The van der Waals surface area contributed by atoms with Crippen LogP contribution in [-0.4, -0.2) is 42.1 Å². The van der Waals surface area contributed by atoms with Gasteiger partial charge in [-0.1, -0.05) is 13.8 Å². The van der Waals surface area contributed by atoms with E-state index in [1.165, 1.54) is 23.3 Å². The zero-order valence-corrected chi connectivity index (χ0v) is 11.5. The number of hydrogen-bond acceptors (Lipinski definition) is 4. The van der Waals surface area contributed by atoms with Crippen molar-refractivity contribution in [1.29, 1.82) is 0 Å². The summed E-state index contributed by atoms with van der Waals surface area (Å²) in [6, 6.07) is 1.63. The largest absolute Gasteiger partial charge is 0.496 e. The average molecular weight is 271 g/mol. The van der Waals surface area contributed by atoms with Crippen molar-refractivity contribution in [2.24, 2.45) is 5.92 Å². The first-order valence-electron chi connectivity index (χ1n) is 5.57. The quantitative estimate of drug-likeness (QED) is 0.858. The Morgan fingerprint density at radius 3 is 2.61 bits per heavy atom. The molecule has 6 heteroatoms. The first-order chi connectivity index (χ1) is 8.43. The molecule has 1 rings (SSSR count). The third-order valence-corrected chi connectivity index (χ3v) is 3.12. The van der Waals surface area contributed by atoms with Gasteiger partial charge in [-0.3, -0.25) is 9.59 Å². The Hall–Kier alpha value is -1.56. The van der Waals surface area contributed by atoms with Crippen LogP contribution in [-0.2, 0) is 4.79 Å². The number of carboxylic acids is 1. The van der Waals surface area contributed by atoms with Gasteiger partial charge in [0, 0.05) is 18.0 Å². The maximum atomic E-state index is 12.2. The van der Waals surface area contributed by atoms with Crippen LogP contribution in [0.1, 0.15) is 23.5 Å². The predicted octanol–water partition coefficient (Wildman–Crippen LogP) is 1.94. The van der Waals surface area contributed by atoms with Crippen LogP contribution in [0.5, 0.6) is 5.75 Å². The highest BCUT2D eigenvalue weighted by Gasteiger charge is 2.21. The molecule has 1 amide bonds. The summed E-state index contributed by atoms with van der Waals surface area (Å²) < 4.78 is 5.01. The highest BCUT2D eigenvalue weighted by Crippen LogP contribution is 2.22. The number of amides is 1. The molecule has 0 aliphatic carbocycles. The molecule has 0 fully saturated rings. The van der Waals surface area contributed by atoms with Gasteiger partial charge in [-0.05, 0) is 5.92 Å². The van der Waals surface area contributed by atoms with E-state index in [2.05, 4.69) is 0 Å². The van der Waals surface area contributed by atoms with Crippen LogP contribution in [0.4, 0.5) is 0 Å². The molecule has 1 N–H and O–H groups in total. The third-order valence-electron chi connectivity index (χ3n) is 2.22. The molecule has 5 nitrogen and oxygen atoms in total. The number of carboxylic acid groups (broad SMARTS) is 1. The molecule has 100 valence electrons. The third kappa shape index (κ3) is 4.03. The van der Waals surface area contributed by atoms with Gasteiger partial charge in [-0.2, -0.15) is 0 Å². The fourth-order valence-corrected chi connectivity index (χ4v) is 2.34. The van der Waals surface area contributed by atoms with Gasteiger partial charge in [0.05, 0.1) is 12.0 Å². The SMILES string of the molecule is COc1csc(C(=O)N(CC(=O)O)CC(C)C)c1. The molecule has 0 bridgehead atoms. The molecule has 0 spiro atoms.